The molecule has 3 aromatic rings. The molecular formula is C18H15BrN2OS. The van der Waals surface area contributed by atoms with Gasteiger partial charge < -0.3 is 5.32 Å². The van der Waals surface area contributed by atoms with E-state index in [1.165, 1.54) is 0 Å². The van der Waals surface area contributed by atoms with E-state index in [1.807, 2.05) is 61.7 Å². The number of carbonyl (C=O) groups excluding carboxylic acids is 1. The Morgan fingerprint density at radius 3 is 2.48 bits per heavy atom. The summed E-state index contributed by atoms with van der Waals surface area (Å²) >= 11 is 5.03. The van der Waals surface area contributed by atoms with Gasteiger partial charge in [0.25, 0.3) is 5.91 Å². The molecule has 2 aromatic carbocycles. The highest BCUT2D eigenvalue weighted by molar-refractivity contribution is 9.10. The molecule has 0 saturated heterocycles. The highest BCUT2D eigenvalue weighted by Gasteiger charge is 2.09. The Kier molecular flexibility index (Phi) is 4.59. The summed E-state index contributed by atoms with van der Waals surface area (Å²) in [5, 5.41) is 5.93. The highest BCUT2D eigenvalue weighted by Crippen LogP contribution is 2.24. The fourth-order valence-corrected chi connectivity index (χ4v) is 3.49. The number of benzene rings is 2. The van der Waals surface area contributed by atoms with E-state index in [0.717, 1.165) is 32.0 Å². The first-order valence-electron chi connectivity index (χ1n) is 7.13. The number of nitrogens with one attached hydrogen (secondary N) is 1. The van der Waals surface area contributed by atoms with Crippen LogP contribution in [0.5, 0.6) is 0 Å². The molecule has 5 heteroatoms. The van der Waals surface area contributed by atoms with Gasteiger partial charge in [0.1, 0.15) is 5.01 Å². The average Bonchev–Trinajstić information content (AvgIpc) is 2.97. The van der Waals surface area contributed by atoms with Crippen LogP contribution in [0.2, 0.25) is 0 Å². The molecule has 1 N–H and O–H groups in total. The highest BCUT2D eigenvalue weighted by atomic mass is 79.9. The molecule has 23 heavy (non-hydrogen) atoms. The van der Waals surface area contributed by atoms with Gasteiger partial charge >= 0.3 is 0 Å². The molecule has 3 rings (SSSR count). The number of carbonyl (C=O) groups is 1. The van der Waals surface area contributed by atoms with E-state index in [4.69, 9.17) is 0 Å². The summed E-state index contributed by atoms with van der Waals surface area (Å²) in [5.74, 6) is -0.114. The van der Waals surface area contributed by atoms with Crippen molar-refractivity contribution in [1.82, 2.24) is 4.98 Å². The Bertz CT molecular complexity index is 856. The van der Waals surface area contributed by atoms with E-state index in [9.17, 15) is 4.79 Å². The Hall–Kier alpha value is -1.98. The lowest BCUT2D eigenvalue weighted by molar-refractivity contribution is 0.102. The molecule has 0 fully saturated rings. The third-order valence-electron chi connectivity index (χ3n) is 3.45. The van der Waals surface area contributed by atoms with Crippen LogP contribution < -0.4 is 5.32 Å². The number of aryl methyl sites for hydroxylation is 2. The Morgan fingerprint density at radius 1 is 1.13 bits per heavy atom. The van der Waals surface area contributed by atoms with Gasteiger partial charge in [0.2, 0.25) is 0 Å². The van der Waals surface area contributed by atoms with Gasteiger partial charge in [0, 0.05) is 32.4 Å². The van der Waals surface area contributed by atoms with Crippen LogP contribution in [0.25, 0.3) is 10.6 Å². The van der Waals surface area contributed by atoms with Gasteiger partial charge in [-0.05, 0) is 49.7 Å². The van der Waals surface area contributed by atoms with E-state index in [1.54, 1.807) is 11.3 Å². The van der Waals surface area contributed by atoms with Crippen LogP contribution in [0.4, 0.5) is 5.69 Å². The largest absolute Gasteiger partial charge is 0.322 e. The molecule has 116 valence electrons. The van der Waals surface area contributed by atoms with E-state index in [-0.39, 0.29) is 5.91 Å². The molecule has 0 aliphatic heterocycles. The van der Waals surface area contributed by atoms with Crippen LogP contribution in [-0.2, 0) is 0 Å². The molecule has 0 spiro atoms. The number of amides is 1. The summed E-state index contributed by atoms with van der Waals surface area (Å²) in [7, 11) is 0. The minimum atomic E-state index is -0.114. The van der Waals surface area contributed by atoms with Gasteiger partial charge in [-0.1, -0.05) is 28.1 Å². The van der Waals surface area contributed by atoms with E-state index < -0.39 is 0 Å². The van der Waals surface area contributed by atoms with E-state index >= 15 is 0 Å². The predicted octanol–water partition coefficient (Wildman–Crippen LogP) is 5.44. The molecule has 0 atom stereocenters. The van der Waals surface area contributed by atoms with Crippen molar-refractivity contribution in [2.45, 2.75) is 13.8 Å². The maximum atomic E-state index is 12.4. The van der Waals surface area contributed by atoms with Crippen molar-refractivity contribution in [2.24, 2.45) is 0 Å². The second-order valence-electron chi connectivity index (χ2n) is 5.28. The van der Waals surface area contributed by atoms with Crippen molar-refractivity contribution in [3.05, 3.63) is 69.1 Å². The van der Waals surface area contributed by atoms with Gasteiger partial charge in [-0.3, -0.25) is 4.79 Å². The smallest absolute Gasteiger partial charge is 0.255 e. The quantitative estimate of drug-likeness (QED) is 0.650. The first-order chi connectivity index (χ1) is 11.0. The first kappa shape index (κ1) is 15.9. The van der Waals surface area contributed by atoms with Crippen molar-refractivity contribution >= 4 is 38.9 Å². The van der Waals surface area contributed by atoms with Crippen LogP contribution in [-0.4, -0.2) is 10.9 Å². The van der Waals surface area contributed by atoms with Crippen LogP contribution >= 0.6 is 27.3 Å². The second-order valence-corrected chi connectivity index (χ2v) is 7.06. The summed E-state index contributed by atoms with van der Waals surface area (Å²) in [6, 6.07) is 13.3. The van der Waals surface area contributed by atoms with Crippen LogP contribution in [0.3, 0.4) is 0 Å². The SMILES string of the molecule is Cc1csc(-c2ccc(C(=O)Nc3ccc(Br)cc3C)cc2)n1. The van der Waals surface area contributed by atoms with Gasteiger partial charge in [0.15, 0.2) is 0 Å². The van der Waals surface area contributed by atoms with E-state index in [0.29, 0.717) is 5.56 Å². The van der Waals surface area contributed by atoms with Crippen LogP contribution in [0.15, 0.2) is 52.3 Å². The zero-order chi connectivity index (χ0) is 16.4. The fraction of sp³-hybridized carbons (Fsp3) is 0.111. The monoisotopic (exact) mass is 386 g/mol. The second kappa shape index (κ2) is 6.64. The Morgan fingerprint density at radius 2 is 1.87 bits per heavy atom. The number of nitrogens with zero attached hydrogens (tertiary/aromatic N) is 1. The molecule has 1 aromatic heterocycles. The number of hydrogen-bond acceptors (Lipinski definition) is 3. The third kappa shape index (κ3) is 3.68. The first-order valence-corrected chi connectivity index (χ1v) is 8.80. The van der Waals surface area contributed by atoms with Crippen molar-refractivity contribution in [1.29, 1.82) is 0 Å². The van der Waals surface area contributed by atoms with Gasteiger partial charge in [-0.15, -0.1) is 11.3 Å². The zero-order valence-electron chi connectivity index (χ0n) is 12.8. The standard InChI is InChI=1S/C18H15BrN2OS/c1-11-9-15(19)7-8-16(11)21-17(22)13-3-5-14(6-4-13)18-20-12(2)10-23-18/h3-10H,1-2H3,(H,21,22). The molecule has 0 saturated carbocycles. The minimum absolute atomic E-state index is 0.114. The topological polar surface area (TPSA) is 42.0 Å². The Labute approximate surface area is 147 Å². The van der Waals surface area contributed by atoms with Gasteiger partial charge in [-0.2, -0.15) is 0 Å². The van der Waals surface area contributed by atoms with Gasteiger partial charge in [0.05, 0.1) is 0 Å². The van der Waals surface area contributed by atoms with Crippen LogP contribution in [0.1, 0.15) is 21.6 Å². The summed E-state index contributed by atoms with van der Waals surface area (Å²) in [6.07, 6.45) is 0. The number of aromatic nitrogens is 1. The lowest BCUT2D eigenvalue weighted by Gasteiger charge is -2.09. The van der Waals surface area contributed by atoms with Crippen molar-refractivity contribution < 1.29 is 4.79 Å². The molecule has 3 nitrogen and oxygen atoms in total. The number of rotatable bonds is 3. The number of hydrogen-bond donors (Lipinski definition) is 1. The summed E-state index contributed by atoms with van der Waals surface area (Å²) in [4.78, 5) is 16.8. The summed E-state index contributed by atoms with van der Waals surface area (Å²) in [5.41, 5.74) is 4.50. The molecule has 0 unspecified atom stereocenters. The van der Waals surface area contributed by atoms with Crippen molar-refractivity contribution in [3.63, 3.8) is 0 Å². The molecule has 0 aliphatic carbocycles. The number of anilines is 1. The summed E-state index contributed by atoms with van der Waals surface area (Å²) in [6.45, 7) is 3.94. The van der Waals surface area contributed by atoms with Crippen LogP contribution in [0, 0.1) is 13.8 Å². The molecule has 1 amide bonds. The predicted molar refractivity (Wildman–Crippen MR) is 99.1 cm³/mol. The molecular weight excluding hydrogens is 372 g/mol. The Balaban J connectivity index is 1.77. The molecule has 1 heterocycles. The minimum Gasteiger partial charge on any atom is -0.322 e. The molecule has 0 bridgehead atoms. The zero-order valence-corrected chi connectivity index (χ0v) is 15.2. The van der Waals surface area contributed by atoms with E-state index in [2.05, 4.69) is 26.2 Å². The van der Waals surface area contributed by atoms with Crippen molar-refractivity contribution in [3.8, 4) is 10.6 Å². The average molecular weight is 387 g/mol. The maximum Gasteiger partial charge on any atom is 0.255 e. The normalized spacial score (nSPS) is 10.6. The number of halogens is 1. The lowest BCUT2D eigenvalue weighted by atomic mass is 10.1. The lowest BCUT2D eigenvalue weighted by Crippen LogP contribution is -2.12. The number of thiazole rings is 1. The summed E-state index contributed by atoms with van der Waals surface area (Å²) < 4.78 is 0.996. The van der Waals surface area contributed by atoms with Crippen molar-refractivity contribution in [2.75, 3.05) is 5.32 Å². The maximum absolute atomic E-state index is 12.4. The molecule has 0 radical (unpaired) electrons. The van der Waals surface area contributed by atoms with Gasteiger partial charge in [-0.25, -0.2) is 4.98 Å². The third-order valence-corrected chi connectivity index (χ3v) is 4.95. The fourth-order valence-electron chi connectivity index (χ4n) is 2.21. The molecule has 0 aliphatic rings.